The molecule has 1 aromatic carbocycles. The minimum absolute atomic E-state index is 0.479. The zero-order valence-electron chi connectivity index (χ0n) is 11.5. The Morgan fingerprint density at radius 3 is 2.50 bits per heavy atom. The van der Waals surface area contributed by atoms with Gasteiger partial charge in [0.05, 0.1) is 0 Å². The molecular formula is C13H21Cl2OSi2. The van der Waals surface area contributed by atoms with Crippen molar-refractivity contribution in [3.63, 3.8) is 0 Å². The van der Waals surface area contributed by atoms with Crippen LogP contribution in [0.25, 0.3) is 0 Å². The van der Waals surface area contributed by atoms with Crippen LogP contribution in [0.15, 0.2) is 24.3 Å². The summed E-state index contributed by atoms with van der Waals surface area (Å²) >= 11 is 11.8. The fraction of sp³-hybridized carbons (Fsp3) is 0.538. The summed E-state index contributed by atoms with van der Waals surface area (Å²) < 4.78 is 6.01. The minimum Gasteiger partial charge on any atom is -0.544 e. The van der Waals surface area contributed by atoms with Gasteiger partial charge in [-0.05, 0) is 55.7 Å². The van der Waals surface area contributed by atoms with Crippen LogP contribution >= 0.6 is 22.2 Å². The lowest BCUT2D eigenvalue weighted by atomic mass is 9.99. The minimum atomic E-state index is -1.53. The van der Waals surface area contributed by atoms with Crippen molar-refractivity contribution >= 4 is 37.9 Å². The van der Waals surface area contributed by atoms with E-state index < -0.39 is 15.7 Å². The first-order chi connectivity index (χ1) is 8.28. The highest BCUT2D eigenvalue weighted by Crippen LogP contribution is 2.27. The van der Waals surface area contributed by atoms with Crippen molar-refractivity contribution in [2.75, 3.05) is 0 Å². The number of hydrogen-bond donors (Lipinski definition) is 0. The van der Waals surface area contributed by atoms with E-state index in [1.807, 2.05) is 6.07 Å². The Morgan fingerprint density at radius 2 is 1.94 bits per heavy atom. The molecule has 0 aliphatic carbocycles. The summed E-state index contributed by atoms with van der Waals surface area (Å²) in [6, 6.07) is 9.32. The Bertz CT molecular complexity index is 377. The molecule has 0 aliphatic heterocycles. The number of halogens is 2. The van der Waals surface area contributed by atoms with Gasteiger partial charge in [-0.2, -0.15) is 0 Å². The van der Waals surface area contributed by atoms with E-state index in [1.165, 1.54) is 5.56 Å². The summed E-state index contributed by atoms with van der Waals surface area (Å²) in [7, 11) is -2.68. The summed E-state index contributed by atoms with van der Waals surface area (Å²) in [6.07, 6.45) is 1.04. The van der Waals surface area contributed by atoms with Crippen LogP contribution in [0.4, 0.5) is 0 Å². The third-order valence-electron chi connectivity index (χ3n) is 2.62. The van der Waals surface area contributed by atoms with Crippen molar-refractivity contribution in [3.05, 3.63) is 29.8 Å². The molecule has 1 atom stereocenters. The van der Waals surface area contributed by atoms with Gasteiger partial charge in [0.25, 0.3) is 7.42 Å². The van der Waals surface area contributed by atoms with Gasteiger partial charge in [-0.15, -0.1) is 22.2 Å². The quantitative estimate of drug-likeness (QED) is 0.506. The van der Waals surface area contributed by atoms with E-state index in [1.54, 1.807) is 0 Å². The summed E-state index contributed by atoms with van der Waals surface area (Å²) in [5.74, 6) is 1.47. The first kappa shape index (κ1) is 16.1. The van der Waals surface area contributed by atoms with Gasteiger partial charge in [-0.25, -0.2) is 0 Å². The van der Waals surface area contributed by atoms with Gasteiger partial charge in [-0.3, -0.25) is 0 Å². The molecule has 18 heavy (non-hydrogen) atoms. The van der Waals surface area contributed by atoms with Crippen molar-refractivity contribution in [2.45, 2.75) is 44.9 Å². The fourth-order valence-electron chi connectivity index (χ4n) is 1.73. The van der Waals surface area contributed by atoms with Crippen molar-refractivity contribution in [1.82, 2.24) is 0 Å². The first-order valence-electron chi connectivity index (χ1n) is 6.24. The first-order valence-corrected chi connectivity index (χ1v) is 13.4. The third kappa shape index (κ3) is 6.27. The standard InChI is InChI=1S/C13H21Cl2OSi2/c1-11(8-9-17(14)15)12-6-5-7-13(10-12)16-18(2,3)4/h5-7,10-11H,8-9H2,1-4H3. The number of rotatable bonds is 6. The van der Waals surface area contributed by atoms with Crippen molar-refractivity contribution in [3.8, 4) is 5.75 Å². The number of hydrogen-bond acceptors (Lipinski definition) is 1. The van der Waals surface area contributed by atoms with Gasteiger partial charge in [0.2, 0.25) is 8.32 Å². The largest absolute Gasteiger partial charge is 0.544 e. The summed E-state index contributed by atoms with van der Waals surface area (Å²) in [5, 5.41) is 0. The predicted octanol–water partition coefficient (Wildman–Crippen LogP) is 5.36. The zero-order valence-corrected chi connectivity index (χ0v) is 15.0. The topological polar surface area (TPSA) is 9.23 Å². The molecule has 0 fully saturated rings. The zero-order chi connectivity index (χ0) is 13.8. The van der Waals surface area contributed by atoms with E-state index in [-0.39, 0.29) is 0 Å². The molecule has 101 valence electrons. The Balaban J connectivity index is 2.69. The van der Waals surface area contributed by atoms with Crippen molar-refractivity contribution in [2.24, 2.45) is 0 Å². The predicted molar refractivity (Wildman–Crippen MR) is 85.7 cm³/mol. The second kappa shape index (κ2) is 6.99. The van der Waals surface area contributed by atoms with Crippen LogP contribution in [0, 0.1) is 0 Å². The fourth-order valence-corrected chi connectivity index (χ4v) is 3.87. The average Bonchev–Trinajstić information content (AvgIpc) is 2.23. The van der Waals surface area contributed by atoms with Gasteiger partial charge in [-0.1, -0.05) is 19.1 Å². The maximum absolute atomic E-state index is 6.01. The van der Waals surface area contributed by atoms with Gasteiger partial charge in [0.1, 0.15) is 5.75 Å². The smallest absolute Gasteiger partial charge is 0.273 e. The maximum Gasteiger partial charge on any atom is 0.273 e. The highest BCUT2D eigenvalue weighted by Gasteiger charge is 2.17. The lowest BCUT2D eigenvalue weighted by molar-refractivity contribution is 0.555. The molecule has 5 heteroatoms. The molecule has 1 radical (unpaired) electrons. The Kier molecular flexibility index (Phi) is 6.25. The van der Waals surface area contributed by atoms with E-state index in [0.717, 1.165) is 18.2 Å². The van der Waals surface area contributed by atoms with Gasteiger partial charge >= 0.3 is 0 Å². The molecule has 0 spiro atoms. The highest BCUT2D eigenvalue weighted by atomic mass is 35.7. The second-order valence-electron chi connectivity index (χ2n) is 5.57. The average molecular weight is 320 g/mol. The van der Waals surface area contributed by atoms with Crippen LogP contribution in [0.1, 0.15) is 24.8 Å². The molecular weight excluding hydrogens is 299 g/mol. The van der Waals surface area contributed by atoms with Crippen LogP contribution in [-0.2, 0) is 0 Å². The molecule has 0 aromatic heterocycles. The molecule has 0 heterocycles. The molecule has 1 rings (SSSR count). The van der Waals surface area contributed by atoms with Crippen LogP contribution < -0.4 is 4.43 Å². The summed E-state index contributed by atoms with van der Waals surface area (Å²) in [6.45, 7) is 8.79. The Hall–Kier alpha value is 0.0338. The monoisotopic (exact) mass is 319 g/mol. The second-order valence-corrected chi connectivity index (χ2v) is 14.5. The normalized spacial score (nSPS) is 13.7. The maximum atomic E-state index is 6.01. The van der Waals surface area contributed by atoms with Crippen molar-refractivity contribution < 1.29 is 4.43 Å². The van der Waals surface area contributed by atoms with Gasteiger partial charge in [0.15, 0.2) is 0 Å². The molecule has 0 N–H and O–H groups in total. The highest BCUT2D eigenvalue weighted by molar-refractivity contribution is 7.33. The van der Waals surface area contributed by atoms with Gasteiger partial charge < -0.3 is 4.43 Å². The molecule has 1 unspecified atom stereocenters. The molecule has 1 nitrogen and oxygen atoms in total. The Morgan fingerprint density at radius 1 is 1.28 bits per heavy atom. The van der Waals surface area contributed by atoms with Crippen LogP contribution in [-0.4, -0.2) is 15.7 Å². The van der Waals surface area contributed by atoms with E-state index in [4.69, 9.17) is 26.6 Å². The molecule has 0 aliphatic rings. The molecule has 0 amide bonds. The van der Waals surface area contributed by atoms with E-state index in [9.17, 15) is 0 Å². The lowest BCUT2D eigenvalue weighted by Crippen LogP contribution is -2.29. The van der Waals surface area contributed by atoms with E-state index >= 15 is 0 Å². The number of benzene rings is 1. The van der Waals surface area contributed by atoms with E-state index in [0.29, 0.717) is 5.92 Å². The lowest BCUT2D eigenvalue weighted by Gasteiger charge is -2.20. The van der Waals surface area contributed by atoms with E-state index in [2.05, 4.69) is 44.8 Å². The molecule has 0 saturated heterocycles. The summed E-state index contributed by atoms with van der Waals surface area (Å²) in [4.78, 5) is 0. The third-order valence-corrected chi connectivity index (χ3v) is 5.27. The Labute approximate surface area is 123 Å². The van der Waals surface area contributed by atoms with Crippen LogP contribution in [0.3, 0.4) is 0 Å². The molecule has 1 aromatic rings. The van der Waals surface area contributed by atoms with Crippen molar-refractivity contribution in [1.29, 1.82) is 0 Å². The summed E-state index contributed by atoms with van der Waals surface area (Å²) in [5.41, 5.74) is 1.31. The van der Waals surface area contributed by atoms with Gasteiger partial charge in [0, 0.05) is 0 Å². The van der Waals surface area contributed by atoms with Crippen LogP contribution in [0.2, 0.25) is 25.7 Å². The molecule has 0 bridgehead atoms. The molecule has 0 saturated carbocycles. The van der Waals surface area contributed by atoms with Crippen LogP contribution in [0.5, 0.6) is 5.75 Å². The SMILES string of the molecule is CC(CC[Si](Cl)Cl)c1cccc(O[Si](C)(C)C)c1.